The molecule has 0 unspecified atom stereocenters. The first-order valence-electron chi connectivity index (χ1n) is 8.27. The molecule has 2 rings (SSSR count). The molecule has 2 aromatic carbocycles. The summed E-state index contributed by atoms with van der Waals surface area (Å²) in [4.78, 5) is 0. The Hall–Kier alpha value is -2.05. The average Bonchev–Trinajstić information content (AvgIpc) is 2.53. The Balaban J connectivity index is 2.34. The first kappa shape index (κ1) is 19.3. The molecule has 0 atom stereocenters. The van der Waals surface area contributed by atoms with Crippen LogP contribution in [0, 0.1) is 27.7 Å². The van der Waals surface area contributed by atoms with Gasteiger partial charge in [0.05, 0.1) is 5.75 Å². The van der Waals surface area contributed by atoms with Crippen LogP contribution in [0.5, 0.6) is 0 Å². The number of nitrogen functional groups attached to an aromatic ring is 1. The van der Waals surface area contributed by atoms with Gasteiger partial charge >= 0.3 is 0 Å². The van der Waals surface area contributed by atoms with Crippen LogP contribution in [0.4, 0.5) is 11.4 Å². The number of nitrogens with two attached hydrogens (primary N) is 1. The average molecular weight is 362 g/mol. The number of anilines is 2. The summed E-state index contributed by atoms with van der Waals surface area (Å²) in [6.07, 6.45) is 0.357. The Bertz CT molecular complexity index is 844. The van der Waals surface area contributed by atoms with E-state index in [4.69, 9.17) is 10.3 Å². The molecule has 2 aromatic rings. The molecule has 5 nitrogen and oxygen atoms in total. The zero-order valence-corrected chi connectivity index (χ0v) is 16.0. The Kier molecular flexibility index (Phi) is 5.75. The topological polar surface area (TPSA) is 92.4 Å². The molecule has 0 saturated heterocycles. The van der Waals surface area contributed by atoms with Gasteiger partial charge in [-0.25, -0.2) is 0 Å². The van der Waals surface area contributed by atoms with E-state index in [1.54, 1.807) is 0 Å². The van der Waals surface area contributed by atoms with Gasteiger partial charge in [0.2, 0.25) is 0 Å². The molecule has 0 aliphatic heterocycles. The zero-order chi connectivity index (χ0) is 18.8. The highest BCUT2D eigenvalue weighted by Crippen LogP contribution is 2.37. The van der Waals surface area contributed by atoms with Crippen molar-refractivity contribution in [1.29, 1.82) is 0 Å². The van der Waals surface area contributed by atoms with E-state index >= 15 is 0 Å². The lowest BCUT2D eigenvalue weighted by atomic mass is 9.88. The summed E-state index contributed by atoms with van der Waals surface area (Å²) in [5.74, 6) is -0.237. The van der Waals surface area contributed by atoms with E-state index in [0.717, 1.165) is 28.1 Å². The van der Waals surface area contributed by atoms with Crippen LogP contribution in [0.1, 0.15) is 28.7 Å². The quantitative estimate of drug-likeness (QED) is 0.412. The van der Waals surface area contributed by atoms with Crippen LogP contribution < -0.4 is 11.1 Å². The van der Waals surface area contributed by atoms with E-state index in [0.29, 0.717) is 13.0 Å². The van der Waals surface area contributed by atoms with Gasteiger partial charge in [0.1, 0.15) is 0 Å². The molecular weight excluding hydrogens is 336 g/mol. The highest BCUT2D eigenvalue weighted by Gasteiger charge is 2.16. The van der Waals surface area contributed by atoms with Gasteiger partial charge in [-0.2, -0.15) is 8.42 Å². The van der Waals surface area contributed by atoms with Crippen LogP contribution in [-0.4, -0.2) is 25.3 Å². The van der Waals surface area contributed by atoms with Crippen molar-refractivity contribution in [3.05, 3.63) is 46.5 Å². The lowest BCUT2D eigenvalue weighted by molar-refractivity contribution is 0.481. The molecule has 0 amide bonds. The highest BCUT2D eigenvalue weighted by molar-refractivity contribution is 7.85. The van der Waals surface area contributed by atoms with E-state index < -0.39 is 10.1 Å². The fourth-order valence-corrected chi connectivity index (χ4v) is 3.64. The van der Waals surface area contributed by atoms with Crippen LogP contribution in [0.15, 0.2) is 24.3 Å². The summed E-state index contributed by atoms with van der Waals surface area (Å²) in [6, 6.07) is 7.87. The maximum absolute atomic E-state index is 10.8. The second-order valence-corrected chi connectivity index (χ2v) is 8.01. The van der Waals surface area contributed by atoms with Gasteiger partial charge in [-0.3, -0.25) is 4.55 Å². The van der Waals surface area contributed by atoms with Crippen LogP contribution in [0.2, 0.25) is 0 Å². The third-order valence-electron chi connectivity index (χ3n) is 4.71. The van der Waals surface area contributed by atoms with Crippen molar-refractivity contribution < 1.29 is 13.0 Å². The highest BCUT2D eigenvalue weighted by atomic mass is 32.2. The molecule has 0 bridgehead atoms. The van der Waals surface area contributed by atoms with Gasteiger partial charge in [-0.15, -0.1) is 0 Å². The molecule has 0 spiro atoms. The van der Waals surface area contributed by atoms with E-state index in [1.807, 2.05) is 24.3 Å². The molecule has 0 saturated carbocycles. The largest absolute Gasteiger partial charge is 0.399 e. The Labute approximate surface area is 150 Å². The van der Waals surface area contributed by atoms with E-state index in [1.165, 1.54) is 16.7 Å². The van der Waals surface area contributed by atoms with Gasteiger partial charge in [-0.05, 0) is 79.6 Å². The maximum Gasteiger partial charge on any atom is 0.264 e. The monoisotopic (exact) mass is 362 g/mol. The minimum Gasteiger partial charge on any atom is -0.399 e. The van der Waals surface area contributed by atoms with Gasteiger partial charge in [0.25, 0.3) is 10.1 Å². The number of hydrogen-bond acceptors (Lipinski definition) is 4. The molecule has 0 aromatic heterocycles. The molecule has 25 heavy (non-hydrogen) atoms. The van der Waals surface area contributed by atoms with E-state index in [-0.39, 0.29) is 5.75 Å². The summed E-state index contributed by atoms with van der Waals surface area (Å²) in [6.45, 7) is 8.80. The van der Waals surface area contributed by atoms with Crippen molar-refractivity contribution in [1.82, 2.24) is 0 Å². The van der Waals surface area contributed by atoms with Gasteiger partial charge in [0, 0.05) is 17.9 Å². The van der Waals surface area contributed by atoms with Crippen LogP contribution in [0.25, 0.3) is 11.1 Å². The summed E-state index contributed by atoms with van der Waals surface area (Å²) >= 11 is 0. The van der Waals surface area contributed by atoms with E-state index in [2.05, 4.69) is 33.0 Å². The number of rotatable bonds is 6. The first-order valence-corrected chi connectivity index (χ1v) is 9.88. The standard InChI is InChI=1S/C19H26N2O3S/c1-12-14(3)19(21-10-5-11-25(22,23)24)15(4)13(2)18(12)16-6-8-17(20)9-7-16/h6-9,21H,5,10-11,20H2,1-4H3,(H,22,23,24). The predicted molar refractivity (Wildman–Crippen MR) is 105 cm³/mol. The predicted octanol–water partition coefficient (Wildman–Crippen LogP) is 3.86. The SMILES string of the molecule is Cc1c(C)c(-c2ccc(N)cc2)c(C)c(C)c1NCCCS(=O)(=O)O. The minimum absolute atomic E-state index is 0.237. The molecular formula is C19H26N2O3S. The van der Waals surface area contributed by atoms with Crippen LogP contribution in [0.3, 0.4) is 0 Å². The Morgan fingerprint density at radius 3 is 1.96 bits per heavy atom. The van der Waals surface area contributed by atoms with Crippen molar-refractivity contribution in [3.63, 3.8) is 0 Å². The fraction of sp³-hybridized carbons (Fsp3) is 0.368. The number of nitrogens with one attached hydrogen (secondary N) is 1. The second kappa shape index (κ2) is 7.45. The molecule has 4 N–H and O–H groups in total. The van der Waals surface area contributed by atoms with Crippen molar-refractivity contribution >= 4 is 21.5 Å². The van der Waals surface area contributed by atoms with Crippen molar-refractivity contribution in [2.45, 2.75) is 34.1 Å². The summed E-state index contributed by atoms with van der Waals surface area (Å²) < 4.78 is 30.5. The van der Waals surface area contributed by atoms with Gasteiger partial charge in [-0.1, -0.05) is 12.1 Å². The third-order valence-corrected chi connectivity index (χ3v) is 5.51. The molecule has 0 heterocycles. The molecule has 0 radical (unpaired) electrons. The molecule has 0 fully saturated rings. The minimum atomic E-state index is -3.91. The normalized spacial score (nSPS) is 11.6. The lowest BCUT2D eigenvalue weighted by Crippen LogP contribution is -2.12. The lowest BCUT2D eigenvalue weighted by Gasteiger charge is -2.22. The van der Waals surface area contributed by atoms with Crippen LogP contribution >= 0.6 is 0 Å². The molecule has 136 valence electrons. The summed E-state index contributed by atoms with van der Waals surface area (Å²) in [5.41, 5.74) is 14.6. The number of benzene rings is 2. The van der Waals surface area contributed by atoms with Crippen molar-refractivity contribution in [3.8, 4) is 11.1 Å². The van der Waals surface area contributed by atoms with E-state index in [9.17, 15) is 8.42 Å². The van der Waals surface area contributed by atoms with Crippen molar-refractivity contribution in [2.75, 3.05) is 23.3 Å². The van der Waals surface area contributed by atoms with Gasteiger partial charge < -0.3 is 11.1 Å². The van der Waals surface area contributed by atoms with Crippen molar-refractivity contribution in [2.24, 2.45) is 0 Å². The fourth-order valence-electron chi connectivity index (χ4n) is 3.13. The molecule has 0 aliphatic carbocycles. The third kappa shape index (κ3) is 4.52. The second-order valence-electron chi connectivity index (χ2n) is 6.44. The van der Waals surface area contributed by atoms with Gasteiger partial charge in [0.15, 0.2) is 0 Å². The smallest absolute Gasteiger partial charge is 0.264 e. The first-order chi connectivity index (χ1) is 11.6. The molecule has 0 aliphatic rings. The Morgan fingerprint density at radius 1 is 0.960 bits per heavy atom. The summed E-state index contributed by atoms with van der Waals surface area (Å²) in [5, 5.41) is 3.33. The summed E-state index contributed by atoms with van der Waals surface area (Å²) in [7, 11) is -3.91. The zero-order valence-electron chi connectivity index (χ0n) is 15.2. The maximum atomic E-state index is 10.8. The van der Waals surface area contributed by atoms with Crippen LogP contribution in [-0.2, 0) is 10.1 Å². The Morgan fingerprint density at radius 2 is 1.48 bits per heavy atom. The molecule has 6 heteroatoms. The number of hydrogen-bond donors (Lipinski definition) is 3.